The SMILES string of the molecule is O=C(NC1C(=O)C[C@@H](C(=O)O)N1C(=O)CCCCCc1ccccc1)c1ccncc1. The second-order valence-corrected chi connectivity index (χ2v) is 7.48. The number of aromatic nitrogens is 1. The zero-order valence-electron chi connectivity index (χ0n) is 17.1. The van der Waals surface area contributed by atoms with Gasteiger partial charge in [-0.1, -0.05) is 36.8 Å². The maximum absolute atomic E-state index is 12.8. The molecule has 2 aromatic rings. The quantitative estimate of drug-likeness (QED) is 0.597. The molecule has 162 valence electrons. The molecule has 0 spiro atoms. The van der Waals surface area contributed by atoms with E-state index in [1.807, 2.05) is 18.2 Å². The molecule has 0 aliphatic carbocycles. The Labute approximate surface area is 180 Å². The zero-order valence-corrected chi connectivity index (χ0v) is 17.1. The number of Topliss-reactive ketones (excluding diaryl/α,β-unsaturated/α-hetero) is 1. The molecule has 0 bridgehead atoms. The van der Waals surface area contributed by atoms with E-state index < -0.39 is 35.8 Å². The number of benzene rings is 1. The summed E-state index contributed by atoms with van der Waals surface area (Å²) in [4.78, 5) is 54.2. The predicted molar refractivity (Wildman–Crippen MR) is 112 cm³/mol. The van der Waals surface area contributed by atoms with E-state index in [0.29, 0.717) is 6.42 Å². The Balaban J connectivity index is 1.58. The first kappa shape index (κ1) is 22.1. The first-order chi connectivity index (χ1) is 15.0. The molecule has 8 nitrogen and oxygen atoms in total. The highest BCUT2D eigenvalue weighted by Gasteiger charge is 2.47. The van der Waals surface area contributed by atoms with Crippen LogP contribution in [0.15, 0.2) is 54.9 Å². The average Bonchev–Trinajstić information content (AvgIpc) is 3.11. The van der Waals surface area contributed by atoms with Crippen molar-refractivity contribution in [2.45, 2.75) is 50.7 Å². The van der Waals surface area contributed by atoms with Crippen LogP contribution >= 0.6 is 0 Å². The van der Waals surface area contributed by atoms with Crippen LogP contribution in [-0.4, -0.2) is 50.8 Å². The first-order valence-electron chi connectivity index (χ1n) is 10.3. The molecule has 2 amide bonds. The number of carbonyl (C=O) groups is 4. The van der Waals surface area contributed by atoms with Gasteiger partial charge in [0.15, 0.2) is 11.9 Å². The Morgan fingerprint density at radius 2 is 1.74 bits per heavy atom. The molecule has 8 heteroatoms. The van der Waals surface area contributed by atoms with Crippen molar-refractivity contribution in [3.8, 4) is 0 Å². The highest BCUT2D eigenvalue weighted by Crippen LogP contribution is 2.23. The van der Waals surface area contributed by atoms with Gasteiger partial charge < -0.3 is 15.3 Å². The number of pyridine rings is 1. The highest BCUT2D eigenvalue weighted by molar-refractivity contribution is 6.03. The molecule has 1 saturated heterocycles. The third-order valence-electron chi connectivity index (χ3n) is 5.30. The van der Waals surface area contributed by atoms with Gasteiger partial charge in [0.25, 0.3) is 5.91 Å². The summed E-state index contributed by atoms with van der Waals surface area (Å²) in [6.45, 7) is 0. The van der Waals surface area contributed by atoms with Crippen molar-refractivity contribution in [3.63, 3.8) is 0 Å². The molecule has 1 aliphatic rings. The van der Waals surface area contributed by atoms with Gasteiger partial charge in [0.2, 0.25) is 5.91 Å². The molecular formula is C23H25N3O5. The van der Waals surface area contributed by atoms with E-state index in [4.69, 9.17) is 0 Å². The van der Waals surface area contributed by atoms with Crippen LogP contribution < -0.4 is 5.32 Å². The summed E-state index contributed by atoms with van der Waals surface area (Å²) in [5.41, 5.74) is 1.50. The molecule has 0 radical (unpaired) electrons. The van der Waals surface area contributed by atoms with Crippen molar-refractivity contribution >= 4 is 23.6 Å². The number of nitrogens with one attached hydrogen (secondary N) is 1. The summed E-state index contributed by atoms with van der Waals surface area (Å²) < 4.78 is 0. The van der Waals surface area contributed by atoms with Gasteiger partial charge in [0.1, 0.15) is 6.04 Å². The van der Waals surface area contributed by atoms with Gasteiger partial charge in [-0.2, -0.15) is 0 Å². The fourth-order valence-corrected chi connectivity index (χ4v) is 3.68. The fourth-order valence-electron chi connectivity index (χ4n) is 3.68. The Morgan fingerprint density at radius 1 is 1.03 bits per heavy atom. The van der Waals surface area contributed by atoms with Crippen LogP contribution in [0.25, 0.3) is 0 Å². The number of likely N-dealkylation sites (tertiary alicyclic amines) is 1. The number of ketones is 1. The largest absolute Gasteiger partial charge is 0.480 e. The predicted octanol–water partition coefficient (Wildman–Crippen LogP) is 2.20. The van der Waals surface area contributed by atoms with Crippen molar-refractivity contribution in [1.29, 1.82) is 0 Å². The number of carboxylic acid groups (broad SMARTS) is 1. The molecule has 1 fully saturated rings. The molecular weight excluding hydrogens is 398 g/mol. The second-order valence-electron chi connectivity index (χ2n) is 7.48. The molecule has 2 atom stereocenters. The molecule has 0 saturated carbocycles. The van der Waals surface area contributed by atoms with E-state index in [1.165, 1.54) is 30.1 Å². The molecule has 1 aromatic carbocycles. The third-order valence-corrected chi connectivity index (χ3v) is 5.30. The van der Waals surface area contributed by atoms with Crippen molar-refractivity contribution < 1.29 is 24.3 Å². The summed E-state index contributed by atoms with van der Waals surface area (Å²) in [6, 6.07) is 11.7. The van der Waals surface area contributed by atoms with Gasteiger partial charge in [-0.3, -0.25) is 19.4 Å². The summed E-state index contributed by atoms with van der Waals surface area (Å²) in [5, 5.41) is 12.0. The summed E-state index contributed by atoms with van der Waals surface area (Å²) >= 11 is 0. The van der Waals surface area contributed by atoms with Crippen LogP contribution in [-0.2, 0) is 20.8 Å². The lowest BCUT2D eigenvalue weighted by Gasteiger charge is -2.27. The maximum Gasteiger partial charge on any atom is 0.326 e. The summed E-state index contributed by atoms with van der Waals surface area (Å²) in [6.07, 6.45) is 4.57. The number of hydrogen-bond donors (Lipinski definition) is 2. The van der Waals surface area contributed by atoms with Crippen LogP contribution in [0.3, 0.4) is 0 Å². The lowest BCUT2D eigenvalue weighted by Crippen LogP contribution is -2.53. The van der Waals surface area contributed by atoms with Crippen LogP contribution in [0.1, 0.15) is 48.0 Å². The van der Waals surface area contributed by atoms with Crippen LogP contribution in [0.4, 0.5) is 0 Å². The van der Waals surface area contributed by atoms with Crippen molar-refractivity contribution in [3.05, 3.63) is 66.0 Å². The Morgan fingerprint density at radius 3 is 2.42 bits per heavy atom. The first-order valence-corrected chi connectivity index (χ1v) is 10.3. The molecule has 31 heavy (non-hydrogen) atoms. The Hall–Kier alpha value is -3.55. The van der Waals surface area contributed by atoms with Gasteiger partial charge in [0.05, 0.1) is 0 Å². The number of carbonyl (C=O) groups excluding carboxylic acids is 3. The van der Waals surface area contributed by atoms with E-state index in [0.717, 1.165) is 24.2 Å². The second kappa shape index (κ2) is 10.5. The molecule has 2 N–H and O–H groups in total. The lowest BCUT2D eigenvalue weighted by molar-refractivity contribution is -0.150. The van der Waals surface area contributed by atoms with E-state index in [-0.39, 0.29) is 18.4 Å². The number of rotatable bonds is 9. The lowest BCUT2D eigenvalue weighted by atomic mass is 10.1. The van der Waals surface area contributed by atoms with E-state index in [2.05, 4.69) is 22.4 Å². The molecule has 1 aliphatic heterocycles. The van der Waals surface area contributed by atoms with Gasteiger partial charge in [0, 0.05) is 30.8 Å². The normalized spacial score (nSPS) is 18.1. The number of nitrogens with zero attached hydrogens (tertiary/aromatic N) is 2. The minimum Gasteiger partial charge on any atom is -0.480 e. The van der Waals surface area contributed by atoms with Crippen molar-refractivity contribution in [1.82, 2.24) is 15.2 Å². The minimum absolute atomic E-state index is 0.119. The van der Waals surface area contributed by atoms with Crippen molar-refractivity contribution in [2.75, 3.05) is 0 Å². The number of hydrogen-bond acceptors (Lipinski definition) is 5. The minimum atomic E-state index is -1.28. The van der Waals surface area contributed by atoms with E-state index >= 15 is 0 Å². The van der Waals surface area contributed by atoms with Gasteiger partial charge in [-0.25, -0.2) is 4.79 Å². The number of amides is 2. The standard InChI is InChI=1S/C23H25N3O5/c27-19-15-18(23(30)31)26(21(19)25-22(29)17-11-13-24-14-12-17)20(28)10-6-2-5-9-16-7-3-1-4-8-16/h1,3-4,7-8,11-14,18,21H,2,5-6,9-10,15H2,(H,25,29)(H,30,31)/t18-,21?/m0/s1. The molecule has 1 unspecified atom stereocenters. The van der Waals surface area contributed by atoms with E-state index in [1.54, 1.807) is 0 Å². The summed E-state index contributed by atoms with van der Waals surface area (Å²) in [7, 11) is 0. The highest BCUT2D eigenvalue weighted by atomic mass is 16.4. The zero-order chi connectivity index (χ0) is 22.2. The topological polar surface area (TPSA) is 117 Å². The number of aliphatic carboxylic acids is 1. The average molecular weight is 423 g/mol. The van der Waals surface area contributed by atoms with E-state index in [9.17, 15) is 24.3 Å². The van der Waals surface area contributed by atoms with Crippen LogP contribution in [0.2, 0.25) is 0 Å². The fraction of sp³-hybridized carbons (Fsp3) is 0.348. The third kappa shape index (κ3) is 5.75. The number of unbranched alkanes of at least 4 members (excludes halogenated alkanes) is 2. The Kier molecular flexibility index (Phi) is 7.48. The smallest absolute Gasteiger partial charge is 0.326 e. The van der Waals surface area contributed by atoms with Gasteiger partial charge in [-0.15, -0.1) is 0 Å². The Bertz CT molecular complexity index is 933. The number of carboxylic acids is 1. The van der Waals surface area contributed by atoms with Crippen LogP contribution in [0.5, 0.6) is 0 Å². The molecule has 3 rings (SSSR count). The summed E-state index contributed by atoms with van der Waals surface area (Å²) in [5.74, 6) is -2.76. The number of aryl methyl sites for hydroxylation is 1. The van der Waals surface area contributed by atoms with Gasteiger partial charge >= 0.3 is 5.97 Å². The molecule has 1 aromatic heterocycles. The molecule has 2 heterocycles. The van der Waals surface area contributed by atoms with Crippen molar-refractivity contribution in [2.24, 2.45) is 0 Å². The maximum atomic E-state index is 12.8. The monoisotopic (exact) mass is 423 g/mol. The van der Waals surface area contributed by atoms with Crippen LogP contribution in [0, 0.1) is 0 Å². The van der Waals surface area contributed by atoms with Gasteiger partial charge in [-0.05, 0) is 37.0 Å².